The van der Waals surface area contributed by atoms with Crippen molar-refractivity contribution in [2.24, 2.45) is 0 Å². The number of halogens is 1. The predicted octanol–water partition coefficient (Wildman–Crippen LogP) is 3.64. The largest absolute Gasteiger partial charge is 0.359 e. The van der Waals surface area contributed by atoms with Gasteiger partial charge in [0, 0.05) is 0 Å². The molecule has 0 saturated carbocycles. The Balaban J connectivity index is 1.79. The second kappa shape index (κ2) is 3.72. The van der Waals surface area contributed by atoms with Crippen LogP contribution in [0.2, 0.25) is 0 Å². The first-order valence-electron chi connectivity index (χ1n) is 5.30. The summed E-state index contributed by atoms with van der Waals surface area (Å²) in [6, 6.07) is 16.6. The summed E-state index contributed by atoms with van der Waals surface area (Å²) in [7, 11) is 0. The van der Waals surface area contributed by atoms with E-state index in [1.807, 2.05) is 30.3 Å². The first kappa shape index (κ1) is 9.55. The molecule has 2 aromatic carbocycles. The van der Waals surface area contributed by atoms with Crippen LogP contribution in [0.25, 0.3) is 0 Å². The van der Waals surface area contributed by atoms with E-state index in [-0.39, 0.29) is 18.0 Å². The smallest absolute Gasteiger partial charge is 0.123 e. The minimum absolute atomic E-state index is 0.0861. The maximum Gasteiger partial charge on any atom is 0.123 e. The molecule has 1 aliphatic rings. The zero-order valence-electron chi connectivity index (χ0n) is 8.64. The van der Waals surface area contributed by atoms with Crippen LogP contribution in [0.4, 0.5) is 4.39 Å². The highest BCUT2D eigenvalue weighted by Crippen LogP contribution is 2.50. The van der Waals surface area contributed by atoms with Crippen molar-refractivity contribution in [3.05, 3.63) is 71.5 Å². The van der Waals surface area contributed by atoms with Crippen LogP contribution in [-0.2, 0) is 4.74 Å². The summed E-state index contributed by atoms with van der Waals surface area (Å²) in [5.41, 5.74) is 2.21. The molecular formula is C14H11FO. The molecule has 1 fully saturated rings. The fourth-order valence-corrected chi connectivity index (χ4v) is 1.91. The minimum atomic E-state index is -0.208. The van der Waals surface area contributed by atoms with E-state index < -0.39 is 0 Å². The molecule has 2 aromatic rings. The van der Waals surface area contributed by atoms with Crippen molar-refractivity contribution < 1.29 is 9.13 Å². The van der Waals surface area contributed by atoms with Crippen molar-refractivity contribution in [1.29, 1.82) is 0 Å². The van der Waals surface area contributed by atoms with Crippen molar-refractivity contribution in [1.82, 2.24) is 0 Å². The van der Waals surface area contributed by atoms with Gasteiger partial charge in [-0.3, -0.25) is 0 Å². The predicted molar refractivity (Wildman–Crippen MR) is 59.4 cm³/mol. The fourth-order valence-electron chi connectivity index (χ4n) is 1.91. The first-order valence-corrected chi connectivity index (χ1v) is 5.30. The zero-order chi connectivity index (χ0) is 11.0. The van der Waals surface area contributed by atoms with Crippen LogP contribution >= 0.6 is 0 Å². The van der Waals surface area contributed by atoms with Crippen molar-refractivity contribution in [3.63, 3.8) is 0 Å². The Morgan fingerprint density at radius 3 is 1.94 bits per heavy atom. The standard InChI is InChI=1S/C14H11FO/c15-12-8-6-11(7-9-12)14-13(16-14)10-4-2-1-3-5-10/h1-9,13-14H/t13-,14-/m1/s1. The Labute approximate surface area is 93.5 Å². The molecule has 0 unspecified atom stereocenters. The molecule has 2 heteroatoms. The molecule has 0 aromatic heterocycles. The lowest BCUT2D eigenvalue weighted by molar-refractivity contribution is 0.377. The molecule has 0 amide bonds. The van der Waals surface area contributed by atoms with Gasteiger partial charge >= 0.3 is 0 Å². The summed E-state index contributed by atoms with van der Waals surface area (Å²) in [5.74, 6) is -0.208. The number of epoxide rings is 1. The molecule has 0 N–H and O–H groups in total. The maximum atomic E-state index is 12.7. The number of benzene rings is 2. The van der Waals surface area contributed by atoms with Gasteiger partial charge in [0.2, 0.25) is 0 Å². The van der Waals surface area contributed by atoms with Crippen molar-refractivity contribution in [2.75, 3.05) is 0 Å². The summed E-state index contributed by atoms with van der Waals surface area (Å²) in [6.45, 7) is 0. The Kier molecular flexibility index (Phi) is 2.22. The van der Waals surface area contributed by atoms with E-state index in [9.17, 15) is 4.39 Å². The van der Waals surface area contributed by atoms with E-state index in [0.29, 0.717) is 0 Å². The average molecular weight is 214 g/mol. The molecule has 0 bridgehead atoms. The summed E-state index contributed by atoms with van der Waals surface area (Å²) < 4.78 is 18.4. The van der Waals surface area contributed by atoms with E-state index in [1.165, 1.54) is 17.7 Å². The van der Waals surface area contributed by atoms with Gasteiger partial charge in [-0.05, 0) is 23.3 Å². The van der Waals surface area contributed by atoms with Crippen LogP contribution in [0, 0.1) is 5.82 Å². The van der Waals surface area contributed by atoms with Crippen LogP contribution in [0.15, 0.2) is 54.6 Å². The van der Waals surface area contributed by atoms with Gasteiger partial charge in [-0.25, -0.2) is 4.39 Å². The summed E-state index contributed by atoms with van der Waals surface area (Å²) >= 11 is 0. The third kappa shape index (κ3) is 1.72. The molecule has 0 aliphatic carbocycles. The van der Waals surface area contributed by atoms with E-state index in [4.69, 9.17) is 4.74 Å². The van der Waals surface area contributed by atoms with Gasteiger partial charge in [0.1, 0.15) is 18.0 Å². The minimum Gasteiger partial charge on any atom is -0.359 e. The molecule has 1 nitrogen and oxygen atoms in total. The highest BCUT2D eigenvalue weighted by molar-refractivity contribution is 5.30. The fraction of sp³-hybridized carbons (Fsp3) is 0.143. The van der Waals surface area contributed by atoms with Crippen LogP contribution in [-0.4, -0.2) is 0 Å². The van der Waals surface area contributed by atoms with E-state index in [1.54, 1.807) is 12.1 Å². The lowest BCUT2D eigenvalue weighted by Gasteiger charge is -1.96. The topological polar surface area (TPSA) is 12.5 Å². The van der Waals surface area contributed by atoms with Crippen molar-refractivity contribution in [2.45, 2.75) is 12.2 Å². The highest BCUT2D eigenvalue weighted by atomic mass is 19.1. The lowest BCUT2D eigenvalue weighted by Crippen LogP contribution is -1.84. The van der Waals surface area contributed by atoms with Gasteiger partial charge in [-0.15, -0.1) is 0 Å². The van der Waals surface area contributed by atoms with Crippen LogP contribution in [0.5, 0.6) is 0 Å². The average Bonchev–Trinajstić information content (AvgIpc) is 3.11. The maximum absolute atomic E-state index is 12.7. The molecule has 1 aliphatic heterocycles. The van der Waals surface area contributed by atoms with Gasteiger partial charge in [0.05, 0.1) is 0 Å². The Morgan fingerprint density at radius 2 is 1.31 bits per heavy atom. The van der Waals surface area contributed by atoms with E-state index in [0.717, 1.165) is 5.56 Å². The Morgan fingerprint density at radius 1 is 0.750 bits per heavy atom. The number of ether oxygens (including phenoxy) is 1. The quantitative estimate of drug-likeness (QED) is 0.695. The van der Waals surface area contributed by atoms with E-state index >= 15 is 0 Å². The monoisotopic (exact) mass is 214 g/mol. The Bertz CT molecular complexity index is 478. The van der Waals surface area contributed by atoms with Gasteiger partial charge in [-0.1, -0.05) is 42.5 Å². The normalized spacial score (nSPS) is 23.1. The molecular weight excluding hydrogens is 203 g/mol. The molecule has 1 saturated heterocycles. The second-order valence-corrected chi connectivity index (χ2v) is 3.94. The van der Waals surface area contributed by atoms with Gasteiger partial charge in [0.15, 0.2) is 0 Å². The van der Waals surface area contributed by atoms with Gasteiger partial charge in [-0.2, -0.15) is 0 Å². The number of rotatable bonds is 2. The van der Waals surface area contributed by atoms with Crippen LogP contribution < -0.4 is 0 Å². The second-order valence-electron chi connectivity index (χ2n) is 3.94. The third-order valence-corrected chi connectivity index (χ3v) is 2.82. The van der Waals surface area contributed by atoms with Crippen LogP contribution in [0.1, 0.15) is 23.3 Å². The number of hydrogen-bond acceptors (Lipinski definition) is 1. The molecule has 0 spiro atoms. The van der Waals surface area contributed by atoms with Crippen molar-refractivity contribution >= 4 is 0 Å². The van der Waals surface area contributed by atoms with Gasteiger partial charge < -0.3 is 4.74 Å². The number of hydrogen-bond donors (Lipinski definition) is 0. The summed E-state index contributed by atoms with van der Waals surface area (Å²) in [6.07, 6.45) is 0.217. The third-order valence-electron chi connectivity index (χ3n) is 2.82. The van der Waals surface area contributed by atoms with Crippen molar-refractivity contribution in [3.8, 4) is 0 Å². The van der Waals surface area contributed by atoms with Gasteiger partial charge in [0.25, 0.3) is 0 Å². The molecule has 16 heavy (non-hydrogen) atoms. The van der Waals surface area contributed by atoms with E-state index in [2.05, 4.69) is 0 Å². The molecule has 1 heterocycles. The van der Waals surface area contributed by atoms with Crippen LogP contribution in [0.3, 0.4) is 0 Å². The molecule has 0 radical (unpaired) electrons. The lowest BCUT2D eigenvalue weighted by atomic mass is 10.0. The molecule has 2 atom stereocenters. The Hall–Kier alpha value is -1.67. The molecule has 3 rings (SSSR count). The summed E-state index contributed by atoms with van der Waals surface area (Å²) in [4.78, 5) is 0. The summed E-state index contributed by atoms with van der Waals surface area (Å²) in [5, 5.41) is 0. The first-order chi connectivity index (χ1) is 7.84. The zero-order valence-corrected chi connectivity index (χ0v) is 8.64. The molecule has 80 valence electrons. The SMILES string of the molecule is Fc1ccc([C@H]2O[C@@H]2c2ccccc2)cc1. The highest BCUT2D eigenvalue weighted by Gasteiger charge is 2.41.